The summed E-state index contributed by atoms with van der Waals surface area (Å²) >= 11 is 0. The van der Waals surface area contributed by atoms with Crippen molar-refractivity contribution in [2.75, 3.05) is 38.3 Å². The zero-order chi connectivity index (χ0) is 15.1. The molecule has 0 unspecified atom stereocenters. The Balaban J connectivity index is 1.99. The predicted octanol–water partition coefficient (Wildman–Crippen LogP) is 2.08. The molecule has 0 atom stereocenters. The summed E-state index contributed by atoms with van der Waals surface area (Å²) in [5.74, 6) is 0. The van der Waals surface area contributed by atoms with E-state index in [0.29, 0.717) is 6.04 Å². The number of aryl methyl sites for hydroxylation is 1. The number of nitrogens with zero attached hydrogens (tertiary/aromatic N) is 1. The third-order valence-electron chi connectivity index (χ3n) is 4.24. The molecule has 2 rings (SSSR count). The van der Waals surface area contributed by atoms with E-state index < -0.39 is 0 Å². The number of hydrogen-bond acceptors (Lipinski definition) is 4. The van der Waals surface area contributed by atoms with E-state index in [1.807, 2.05) is 0 Å². The second kappa shape index (κ2) is 8.37. The fourth-order valence-electron chi connectivity index (χ4n) is 2.86. The highest BCUT2D eigenvalue weighted by Gasteiger charge is 2.25. The van der Waals surface area contributed by atoms with Crippen LogP contribution >= 0.6 is 0 Å². The average Bonchev–Trinajstić information content (AvgIpc) is 2.41. The van der Waals surface area contributed by atoms with Gasteiger partial charge in [0, 0.05) is 38.5 Å². The maximum Gasteiger partial charge on any atom is 0.0606 e. The van der Waals surface area contributed by atoms with Crippen molar-refractivity contribution < 1.29 is 9.84 Å². The number of hydrogen-bond donors (Lipinski definition) is 2. The minimum absolute atomic E-state index is 0.219. The first-order valence-electron chi connectivity index (χ1n) is 7.93. The van der Waals surface area contributed by atoms with Gasteiger partial charge in [-0.05, 0) is 43.4 Å². The molecule has 4 heteroatoms. The Labute approximate surface area is 128 Å². The average molecular weight is 292 g/mol. The molecule has 0 saturated heterocycles. The van der Waals surface area contributed by atoms with Gasteiger partial charge < -0.3 is 20.1 Å². The van der Waals surface area contributed by atoms with E-state index in [1.165, 1.54) is 36.1 Å². The highest BCUT2D eigenvalue weighted by molar-refractivity contribution is 5.55. The molecule has 1 aromatic carbocycles. The molecule has 21 heavy (non-hydrogen) atoms. The van der Waals surface area contributed by atoms with Crippen molar-refractivity contribution in [1.82, 2.24) is 5.32 Å². The van der Waals surface area contributed by atoms with E-state index in [-0.39, 0.29) is 6.61 Å². The molecule has 1 aliphatic rings. The molecule has 4 nitrogen and oxygen atoms in total. The Bertz CT molecular complexity index is 433. The number of anilines is 1. The summed E-state index contributed by atoms with van der Waals surface area (Å²) in [5, 5.41) is 12.7. The number of aliphatic hydroxyl groups is 1. The van der Waals surface area contributed by atoms with E-state index in [9.17, 15) is 5.11 Å². The van der Waals surface area contributed by atoms with Crippen LogP contribution in [0.2, 0.25) is 0 Å². The van der Waals surface area contributed by atoms with E-state index >= 15 is 0 Å². The Kier molecular flexibility index (Phi) is 6.49. The second-order valence-corrected chi connectivity index (χ2v) is 5.79. The van der Waals surface area contributed by atoms with Gasteiger partial charge in [0.15, 0.2) is 0 Å². The Morgan fingerprint density at radius 1 is 1.38 bits per heavy atom. The summed E-state index contributed by atoms with van der Waals surface area (Å²) in [6.45, 7) is 5.59. The van der Waals surface area contributed by atoms with Crippen molar-refractivity contribution in [3.05, 3.63) is 29.3 Å². The van der Waals surface area contributed by atoms with Gasteiger partial charge in [0.1, 0.15) is 0 Å². The SMILES string of the molecule is COCCNCc1ccc(N(CCO)C2CCC2)c(C)c1. The molecule has 0 aliphatic heterocycles. The largest absolute Gasteiger partial charge is 0.395 e. The molecular formula is C17H28N2O2. The highest BCUT2D eigenvalue weighted by atomic mass is 16.5. The summed E-state index contributed by atoms with van der Waals surface area (Å²) in [6, 6.07) is 7.25. The maximum atomic E-state index is 9.32. The summed E-state index contributed by atoms with van der Waals surface area (Å²) in [5.41, 5.74) is 3.86. The molecule has 0 bridgehead atoms. The molecule has 1 aromatic rings. The Hall–Kier alpha value is -1.10. The number of ether oxygens (including phenoxy) is 1. The van der Waals surface area contributed by atoms with Crippen molar-refractivity contribution in [3.8, 4) is 0 Å². The van der Waals surface area contributed by atoms with Gasteiger partial charge in [-0.2, -0.15) is 0 Å². The third kappa shape index (κ3) is 4.43. The van der Waals surface area contributed by atoms with Crippen LogP contribution in [0.25, 0.3) is 0 Å². The van der Waals surface area contributed by atoms with Crippen LogP contribution in [0.4, 0.5) is 5.69 Å². The molecule has 0 radical (unpaired) electrons. The van der Waals surface area contributed by atoms with Gasteiger partial charge >= 0.3 is 0 Å². The van der Waals surface area contributed by atoms with Gasteiger partial charge in [-0.3, -0.25) is 0 Å². The van der Waals surface area contributed by atoms with Gasteiger partial charge in [0.2, 0.25) is 0 Å². The monoisotopic (exact) mass is 292 g/mol. The van der Waals surface area contributed by atoms with E-state index in [1.54, 1.807) is 7.11 Å². The lowest BCUT2D eigenvalue weighted by Crippen LogP contribution is -2.42. The number of methoxy groups -OCH3 is 1. The van der Waals surface area contributed by atoms with Gasteiger partial charge in [-0.15, -0.1) is 0 Å². The summed E-state index contributed by atoms with van der Waals surface area (Å²) in [4.78, 5) is 2.38. The molecule has 0 amide bonds. The van der Waals surface area contributed by atoms with E-state index in [4.69, 9.17) is 4.74 Å². The zero-order valence-electron chi connectivity index (χ0n) is 13.3. The zero-order valence-corrected chi connectivity index (χ0v) is 13.3. The lowest BCUT2D eigenvalue weighted by Gasteiger charge is -2.39. The highest BCUT2D eigenvalue weighted by Crippen LogP contribution is 2.31. The first-order valence-corrected chi connectivity index (χ1v) is 7.93. The van der Waals surface area contributed by atoms with Crippen molar-refractivity contribution in [1.29, 1.82) is 0 Å². The fraction of sp³-hybridized carbons (Fsp3) is 0.647. The minimum atomic E-state index is 0.219. The lowest BCUT2D eigenvalue weighted by atomic mass is 9.90. The van der Waals surface area contributed by atoms with Crippen LogP contribution in [0, 0.1) is 6.92 Å². The van der Waals surface area contributed by atoms with Gasteiger partial charge in [-0.1, -0.05) is 12.1 Å². The van der Waals surface area contributed by atoms with Crippen LogP contribution in [-0.2, 0) is 11.3 Å². The topological polar surface area (TPSA) is 44.7 Å². The first kappa shape index (κ1) is 16.3. The van der Waals surface area contributed by atoms with Crippen LogP contribution in [0.3, 0.4) is 0 Å². The van der Waals surface area contributed by atoms with Gasteiger partial charge in [-0.25, -0.2) is 0 Å². The van der Waals surface area contributed by atoms with Gasteiger partial charge in [0.05, 0.1) is 13.2 Å². The van der Waals surface area contributed by atoms with Crippen LogP contribution in [0.15, 0.2) is 18.2 Å². The Morgan fingerprint density at radius 2 is 2.19 bits per heavy atom. The quantitative estimate of drug-likeness (QED) is 0.684. The van der Waals surface area contributed by atoms with E-state index in [0.717, 1.165) is 26.2 Å². The first-order chi connectivity index (χ1) is 10.3. The second-order valence-electron chi connectivity index (χ2n) is 5.79. The predicted molar refractivity (Wildman–Crippen MR) is 86.8 cm³/mol. The number of benzene rings is 1. The maximum absolute atomic E-state index is 9.32. The van der Waals surface area contributed by atoms with Crippen molar-refractivity contribution in [2.24, 2.45) is 0 Å². The smallest absolute Gasteiger partial charge is 0.0606 e. The van der Waals surface area contributed by atoms with Crippen LogP contribution in [0.1, 0.15) is 30.4 Å². The third-order valence-corrected chi connectivity index (χ3v) is 4.24. The van der Waals surface area contributed by atoms with Crippen LogP contribution in [0.5, 0.6) is 0 Å². The summed E-state index contributed by atoms with van der Waals surface area (Å²) < 4.78 is 5.03. The number of rotatable bonds is 9. The van der Waals surface area contributed by atoms with Crippen molar-refractivity contribution in [3.63, 3.8) is 0 Å². The molecule has 0 heterocycles. The molecule has 0 aromatic heterocycles. The Morgan fingerprint density at radius 3 is 2.76 bits per heavy atom. The molecule has 1 aliphatic carbocycles. The molecule has 2 N–H and O–H groups in total. The van der Waals surface area contributed by atoms with Crippen LogP contribution in [-0.4, -0.2) is 44.6 Å². The van der Waals surface area contributed by atoms with Crippen molar-refractivity contribution in [2.45, 2.75) is 38.8 Å². The molecule has 1 fully saturated rings. The molecule has 1 saturated carbocycles. The minimum Gasteiger partial charge on any atom is -0.395 e. The van der Waals surface area contributed by atoms with Gasteiger partial charge in [0.25, 0.3) is 0 Å². The van der Waals surface area contributed by atoms with Crippen molar-refractivity contribution >= 4 is 5.69 Å². The van der Waals surface area contributed by atoms with Crippen LogP contribution < -0.4 is 10.2 Å². The number of nitrogens with one attached hydrogen (secondary N) is 1. The number of aliphatic hydroxyl groups excluding tert-OH is 1. The fourth-order valence-corrected chi connectivity index (χ4v) is 2.86. The standard InChI is InChI=1S/C17H28N2O2/c1-14-12-15(13-18-8-11-21-2)6-7-17(14)19(9-10-20)16-4-3-5-16/h6-7,12,16,18,20H,3-5,8-11,13H2,1-2H3. The molecule has 118 valence electrons. The molecule has 0 spiro atoms. The molecular weight excluding hydrogens is 264 g/mol. The summed E-state index contributed by atoms with van der Waals surface area (Å²) in [7, 11) is 1.72. The lowest BCUT2D eigenvalue weighted by molar-refractivity contribution is 0.199. The van der Waals surface area contributed by atoms with E-state index in [2.05, 4.69) is 35.3 Å². The normalized spacial score (nSPS) is 15.0. The summed E-state index contributed by atoms with van der Waals surface area (Å²) in [6.07, 6.45) is 3.81.